The van der Waals surface area contributed by atoms with Crippen LogP contribution in [0, 0.1) is 5.41 Å². The molecule has 3 rings (SSSR count). The Morgan fingerprint density at radius 2 is 1.80 bits per heavy atom. The highest BCUT2D eigenvalue weighted by molar-refractivity contribution is 5.75. The van der Waals surface area contributed by atoms with Crippen LogP contribution in [0.1, 0.15) is 43.6 Å². The van der Waals surface area contributed by atoms with Crippen molar-refractivity contribution in [2.24, 2.45) is 5.41 Å². The van der Waals surface area contributed by atoms with Gasteiger partial charge in [0.2, 0.25) is 0 Å². The molecule has 1 heterocycles. The van der Waals surface area contributed by atoms with Gasteiger partial charge in [0.05, 0.1) is 5.41 Å². The predicted octanol–water partition coefficient (Wildman–Crippen LogP) is 3.12. The molecule has 0 bridgehead atoms. The lowest BCUT2D eigenvalue weighted by molar-refractivity contribution is -0.153. The largest absolute Gasteiger partial charge is 0.481 e. The van der Waals surface area contributed by atoms with Crippen LogP contribution in [0.2, 0.25) is 0 Å². The van der Waals surface area contributed by atoms with Crippen molar-refractivity contribution in [3.63, 3.8) is 0 Å². The third-order valence-electron chi connectivity index (χ3n) is 5.02. The minimum atomic E-state index is -0.583. The van der Waals surface area contributed by atoms with E-state index < -0.39 is 11.4 Å². The third kappa shape index (κ3) is 2.59. The van der Waals surface area contributed by atoms with Gasteiger partial charge >= 0.3 is 5.97 Å². The first-order valence-corrected chi connectivity index (χ1v) is 7.70. The normalized spacial score (nSPS) is 23.2. The Kier molecular flexibility index (Phi) is 3.79. The molecule has 1 aromatic rings. The first-order chi connectivity index (χ1) is 9.70. The Labute approximate surface area is 120 Å². The lowest BCUT2D eigenvalue weighted by Crippen LogP contribution is -2.52. The molecule has 0 amide bonds. The van der Waals surface area contributed by atoms with Gasteiger partial charge in [-0.1, -0.05) is 49.6 Å². The predicted molar refractivity (Wildman–Crippen MR) is 78.8 cm³/mol. The van der Waals surface area contributed by atoms with Crippen molar-refractivity contribution in [1.29, 1.82) is 0 Å². The fraction of sp³-hybridized carbons (Fsp3) is 0.588. The molecule has 0 atom stereocenters. The van der Waals surface area contributed by atoms with Crippen LogP contribution in [0.15, 0.2) is 30.3 Å². The maximum absolute atomic E-state index is 11.7. The SMILES string of the molecule is O=C(O)C1(CN2CC(c3ccccc3)C2)CCCCC1. The van der Waals surface area contributed by atoms with Gasteiger partial charge in [0.25, 0.3) is 0 Å². The highest BCUT2D eigenvalue weighted by Crippen LogP contribution is 2.39. The molecule has 2 fully saturated rings. The van der Waals surface area contributed by atoms with E-state index in [4.69, 9.17) is 0 Å². The summed E-state index contributed by atoms with van der Waals surface area (Å²) in [5, 5.41) is 9.61. The van der Waals surface area contributed by atoms with Gasteiger partial charge in [-0.15, -0.1) is 0 Å². The number of nitrogens with zero attached hydrogens (tertiary/aromatic N) is 1. The van der Waals surface area contributed by atoms with Gasteiger partial charge in [0.15, 0.2) is 0 Å². The van der Waals surface area contributed by atoms with E-state index in [2.05, 4.69) is 29.2 Å². The van der Waals surface area contributed by atoms with Crippen LogP contribution in [0.3, 0.4) is 0 Å². The van der Waals surface area contributed by atoms with E-state index in [1.807, 2.05) is 6.07 Å². The summed E-state index contributed by atoms with van der Waals surface area (Å²) in [5.41, 5.74) is 0.914. The van der Waals surface area contributed by atoms with Crippen LogP contribution in [0.25, 0.3) is 0 Å². The van der Waals surface area contributed by atoms with Crippen LogP contribution in [-0.2, 0) is 4.79 Å². The molecule has 1 aliphatic heterocycles. The number of hydrogen-bond donors (Lipinski definition) is 1. The van der Waals surface area contributed by atoms with E-state index in [0.717, 1.165) is 45.3 Å². The first kappa shape index (κ1) is 13.6. The summed E-state index contributed by atoms with van der Waals surface area (Å²) in [6.07, 6.45) is 5.05. The lowest BCUT2D eigenvalue weighted by atomic mass is 9.73. The average Bonchev–Trinajstić information content (AvgIpc) is 2.44. The van der Waals surface area contributed by atoms with E-state index in [9.17, 15) is 9.90 Å². The van der Waals surface area contributed by atoms with Gasteiger partial charge < -0.3 is 10.0 Å². The van der Waals surface area contributed by atoms with Crippen molar-refractivity contribution in [2.75, 3.05) is 19.6 Å². The van der Waals surface area contributed by atoms with Crippen molar-refractivity contribution in [3.8, 4) is 0 Å². The Balaban J connectivity index is 1.58. The smallest absolute Gasteiger partial charge is 0.310 e. The quantitative estimate of drug-likeness (QED) is 0.916. The third-order valence-corrected chi connectivity index (χ3v) is 5.02. The Morgan fingerprint density at radius 3 is 2.40 bits per heavy atom. The van der Waals surface area contributed by atoms with Gasteiger partial charge in [0, 0.05) is 25.6 Å². The summed E-state index contributed by atoms with van der Waals surface area (Å²) in [4.78, 5) is 14.0. The van der Waals surface area contributed by atoms with E-state index in [1.54, 1.807) is 0 Å². The van der Waals surface area contributed by atoms with E-state index >= 15 is 0 Å². The van der Waals surface area contributed by atoms with Crippen molar-refractivity contribution in [3.05, 3.63) is 35.9 Å². The fourth-order valence-electron chi connectivity index (χ4n) is 3.73. The van der Waals surface area contributed by atoms with Crippen molar-refractivity contribution in [1.82, 2.24) is 4.90 Å². The van der Waals surface area contributed by atoms with E-state index in [-0.39, 0.29) is 0 Å². The van der Waals surface area contributed by atoms with Crippen LogP contribution >= 0.6 is 0 Å². The van der Waals surface area contributed by atoms with E-state index in [0.29, 0.717) is 5.92 Å². The second-order valence-electron chi connectivity index (χ2n) is 6.45. The molecule has 20 heavy (non-hydrogen) atoms. The van der Waals surface area contributed by atoms with Crippen LogP contribution in [0.5, 0.6) is 0 Å². The highest BCUT2D eigenvalue weighted by atomic mass is 16.4. The molecule has 0 spiro atoms. The molecular formula is C17H23NO2. The molecule has 2 aliphatic rings. The summed E-state index contributed by atoms with van der Waals surface area (Å²) in [6.45, 7) is 2.77. The molecule has 108 valence electrons. The van der Waals surface area contributed by atoms with Gasteiger partial charge in [-0.05, 0) is 18.4 Å². The number of rotatable bonds is 4. The zero-order valence-corrected chi connectivity index (χ0v) is 11.9. The highest BCUT2D eigenvalue weighted by Gasteiger charge is 2.43. The number of carbonyl (C=O) groups is 1. The molecule has 1 N–H and O–H groups in total. The monoisotopic (exact) mass is 273 g/mol. The minimum Gasteiger partial charge on any atom is -0.481 e. The first-order valence-electron chi connectivity index (χ1n) is 7.70. The van der Waals surface area contributed by atoms with Crippen LogP contribution in [0.4, 0.5) is 0 Å². The summed E-state index contributed by atoms with van der Waals surface area (Å²) in [7, 11) is 0. The summed E-state index contributed by atoms with van der Waals surface area (Å²) in [6, 6.07) is 10.6. The van der Waals surface area contributed by atoms with Crippen molar-refractivity contribution < 1.29 is 9.90 Å². The molecule has 0 unspecified atom stereocenters. The molecular weight excluding hydrogens is 250 g/mol. The number of carboxylic acid groups (broad SMARTS) is 1. The number of carboxylic acids is 1. The second kappa shape index (κ2) is 5.57. The number of benzene rings is 1. The second-order valence-corrected chi connectivity index (χ2v) is 6.45. The molecule has 3 heteroatoms. The van der Waals surface area contributed by atoms with Gasteiger partial charge in [-0.3, -0.25) is 4.79 Å². The lowest BCUT2D eigenvalue weighted by Gasteiger charge is -2.45. The fourth-order valence-corrected chi connectivity index (χ4v) is 3.73. The van der Waals surface area contributed by atoms with Gasteiger partial charge in [-0.2, -0.15) is 0 Å². The standard InChI is InChI=1S/C17H23NO2/c19-16(20)17(9-5-2-6-10-17)13-18-11-15(12-18)14-7-3-1-4-8-14/h1,3-4,7-8,15H,2,5-6,9-13H2,(H,19,20). The topological polar surface area (TPSA) is 40.5 Å². The van der Waals surface area contributed by atoms with E-state index in [1.165, 1.54) is 12.0 Å². The van der Waals surface area contributed by atoms with Crippen LogP contribution < -0.4 is 0 Å². The Bertz CT molecular complexity index is 459. The Hall–Kier alpha value is -1.35. The molecule has 3 nitrogen and oxygen atoms in total. The van der Waals surface area contributed by atoms with Crippen molar-refractivity contribution >= 4 is 5.97 Å². The number of aliphatic carboxylic acids is 1. The summed E-state index contributed by atoms with van der Waals surface area (Å²) >= 11 is 0. The maximum Gasteiger partial charge on any atom is 0.310 e. The molecule has 1 aliphatic carbocycles. The molecule has 1 saturated heterocycles. The zero-order valence-electron chi connectivity index (χ0n) is 11.9. The number of hydrogen-bond acceptors (Lipinski definition) is 2. The molecule has 1 aromatic carbocycles. The Morgan fingerprint density at radius 1 is 1.15 bits per heavy atom. The number of likely N-dealkylation sites (tertiary alicyclic amines) is 1. The minimum absolute atomic E-state index is 0.472. The van der Waals surface area contributed by atoms with Gasteiger partial charge in [-0.25, -0.2) is 0 Å². The summed E-state index contributed by atoms with van der Waals surface area (Å²) < 4.78 is 0. The van der Waals surface area contributed by atoms with Crippen LogP contribution in [-0.4, -0.2) is 35.6 Å². The van der Waals surface area contributed by atoms with Crippen molar-refractivity contribution in [2.45, 2.75) is 38.0 Å². The maximum atomic E-state index is 11.7. The molecule has 1 saturated carbocycles. The molecule has 0 radical (unpaired) electrons. The molecule has 0 aromatic heterocycles. The average molecular weight is 273 g/mol. The van der Waals surface area contributed by atoms with Gasteiger partial charge in [0.1, 0.15) is 0 Å². The zero-order chi connectivity index (χ0) is 14.0. The summed E-state index contributed by atoms with van der Waals surface area (Å²) in [5.74, 6) is 0.00555.